The van der Waals surface area contributed by atoms with Crippen molar-refractivity contribution in [1.82, 2.24) is 15.1 Å². The lowest BCUT2D eigenvalue weighted by Gasteiger charge is -2.09. The first-order valence-electron chi connectivity index (χ1n) is 5.80. The molecule has 0 radical (unpaired) electrons. The zero-order valence-electron chi connectivity index (χ0n) is 10.4. The van der Waals surface area contributed by atoms with E-state index in [9.17, 15) is 0 Å². The Hall–Kier alpha value is -1.52. The summed E-state index contributed by atoms with van der Waals surface area (Å²) in [4.78, 5) is 0. The first-order chi connectivity index (χ1) is 8.67. The van der Waals surface area contributed by atoms with Crippen molar-refractivity contribution < 1.29 is 4.74 Å². The van der Waals surface area contributed by atoms with E-state index in [0.717, 1.165) is 18.0 Å². The number of hydrogen-bond donors (Lipinski definition) is 1. The summed E-state index contributed by atoms with van der Waals surface area (Å²) in [5.41, 5.74) is 0. The topological polar surface area (TPSA) is 39.1 Å². The van der Waals surface area contributed by atoms with Crippen molar-refractivity contribution in [2.24, 2.45) is 0 Å². The van der Waals surface area contributed by atoms with Crippen LogP contribution in [0, 0.1) is 0 Å². The number of likely N-dealkylation sites (N-methyl/N-ethyl adjacent to an activating group) is 1. The molecule has 0 saturated carbocycles. The fourth-order valence-electron chi connectivity index (χ4n) is 1.51. The third-order valence-corrected chi connectivity index (χ3v) is 2.86. The number of halogens is 1. The molecule has 0 aliphatic rings. The van der Waals surface area contributed by atoms with E-state index in [-0.39, 0.29) is 0 Å². The predicted molar refractivity (Wildman–Crippen MR) is 72.3 cm³/mol. The van der Waals surface area contributed by atoms with Crippen LogP contribution in [-0.2, 0) is 6.54 Å². The SMILES string of the molecule is CNC(C)Cn1cc(Oc2ccc(Cl)cc2)cn1. The Labute approximate surface area is 112 Å². The minimum absolute atomic E-state index is 0.369. The number of nitrogens with zero attached hydrogens (tertiary/aromatic N) is 2. The van der Waals surface area contributed by atoms with Crippen molar-refractivity contribution in [2.75, 3.05) is 7.05 Å². The highest BCUT2D eigenvalue weighted by molar-refractivity contribution is 6.30. The zero-order chi connectivity index (χ0) is 13.0. The van der Waals surface area contributed by atoms with E-state index in [0.29, 0.717) is 11.1 Å². The molecule has 1 aromatic heterocycles. The summed E-state index contributed by atoms with van der Waals surface area (Å²) in [5.74, 6) is 1.47. The Morgan fingerprint density at radius 2 is 2.06 bits per heavy atom. The van der Waals surface area contributed by atoms with Gasteiger partial charge in [-0.3, -0.25) is 4.68 Å². The third-order valence-electron chi connectivity index (χ3n) is 2.61. The van der Waals surface area contributed by atoms with Crippen LogP contribution in [0.2, 0.25) is 5.02 Å². The molecule has 96 valence electrons. The van der Waals surface area contributed by atoms with Crippen LogP contribution in [-0.4, -0.2) is 22.9 Å². The Balaban J connectivity index is 2.00. The van der Waals surface area contributed by atoms with Gasteiger partial charge in [0.15, 0.2) is 5.75 Å². The van der Waals surface area contributed by atoms with Crippen molar-refractivity contribution in [3.8, 4) is 11.5 Å². The van der Waals surface area contributed by atoms with Gasteiger partial charge in [0, 0.05) is 11.1 Å². The van der Waals surface area contributed by atoms with Gasteiger partial charge < -0.3 is 10.1 Å². The summed E-state index contributed by atoms with van der Waals surface area (Å²) >= 11 is 5.81. The van der Waals surface area contributed by atoms with Crippen LogP contribution < -0.4 is 10.1 Å². The molecule has 5 heteroatoms. The lowest BCUT2D eigenvalue weighted by molar-refractivity contribution is 0.468. The number of benzene rings is 1. The predicted octanol–water partition coefficient (Wildman–Crippen LogP) is 2.94. The molecule has 0 saturated heterocycles. The summed E-state index contributed by atoms with van der Waals surface area (Å²) in [7, 11) is 1.93. The normalized spacial score (nSPS) is 12.4. The number of rotatable bonds is 5. The molecule has 1 atom stereocenters. The van der Waals surface area contributed by atoms with Gasteiger partial charge in [-0.25, -0.2) is 0 Å². The van der Waals surface area contributed by atoms with Crippen LogP contribution in [0.4, 0.5) is 0 Å². The molecule has 1 N–H and O–H groups in total. The van der Waals surface area contributed by atoms with Crippen LogP contribution in [0.15, 0.2) is 36.7 Å². The Kier molecular flexibility index (Phi) is 4.23. The van der Waals surface area contributed by atoms with Crippen LogP contribution >= 0.6 is 11.6 Å². The van der Waals surface area contributed by atoms with Crippen molar-refractivity contribution in [1.29, 1.82) is 0 Å². The second-order valence-corrected chi connectivity index (χ2v) is 4.58. The van der Waals surface area contributed by atoms with Gasteiger partial charge in [-0.15, -0.1) is 0 Å². The third kappa shape index (κ3) is 3.48. The summed E-state index contributed by atoms with van der Waals surface area (Å²) in [5, 5.41) is 8.10. The van der Waals surface area contributed by atoms with E-state index < -0.39 is 0 Å². The minimum Gasteiger partial charge on any atom is -0.454 e. The van der Waals surface area contributed by atoms with Gasteiger partial charge in [-0.2, -0.15) is 5.10 Å². The van der Waals surface area contributed by atoms with Gasteiger partial charge in [0.05, 0.1) is 18.9 Å². The highest BCUT2D eigenvalue weighted by Crippen LogP contribution is 2.22. The van der Waals surface area contributed by atoms with Crippen LogP contribution in [0.3, 0.4) is 0 Å². The quantitative estimate of drug-likeness (QED) is 0.903. The van der Waals surface area contributed by atoms with Gasteiger partial charge in [0.25, 0.3) is 0 Å². The maximum absolute atomic E-state index is 5.81. The number of hydrogen-bond acceptors (Lipinski definition) is 3. The van der Waals surface area contributed by atoms with Gasteiger partial charge >= 0.3 is 0 Å². The average Bonchev–Trinajstić information content (AvgIpc) is 2.79. The molecule has 0 aliphatic carbocycles. The van der Waals surface area contributed by atoms with E-state index in [1.54, 1.807) is 18.3 Å². The fraction of sp³-hybridized carbons (Fsp3) is 0.308. The van der Waals surface area contributed by atoms with Crippen molar-refractivity contribution in [3.05, 3.63) is 41.7 Å². The summed E-state index contributed by atoms with van der Waals surface area (Å²) in [6.07, 6.45) is 3.58. The molecule has 18 heavy (non-hydrogen) atoms. The van der Waals surface area contributed by atoms with E-state index in [1.807, 2.05) is 30.1 Å². The van der Waals surface area contributed by atoms with Crippen LogP contribution in [0.25, 0.3) is 0 Å². The van der Waals surface area contributed by atoms with Crippen molar-refractivity contribution in [3.63, 3.8) is 0 Å². The largest absolute Gasteiger partial charge is 0.454 e. The van der Waals surface area contributed by atoms with Crippen LogP contribution in [0.5, 0.6) is 11.5 Å². The fourth-order valence-corrected chi connectivity index (χ4v) is 1.63. The highest BCUT2D eigenvalue weighted by Gasteiger charge is 2.04. The standard InChI is InChI=1S/C13H16ClN3O/c1-10(15-2)8-17-9-13(7-16-17)18-12-5-3-11(14)4-6-12/h3-7,9-10,15H,8H2,1-2H3. The van der Waals surface area contributed by atoms with Crippen molar-refractivity contribution >= 4 is 11.6 Å². The molecule has 2 aromatic rings. The molecule has 1 unspecified atom stereocenters. The summed E-state index contributed by atoms with van der Waals surface area (Å²) in [6.45, 7) is 2.90. The Morgan fingerprint density at radius 1 is 1.33 bits per heavy atom. The highest BCUT2D eigenvalue weighted by atomic mass is 35.5. The van der Waals surface area contributed by atoms with Gasteiger partial charge in [0.2, 0.25) is 0 Å². The minimum atomic E-state index is 0.369. The first-order valence-corrected chi connectivity index (χ1v) is 6.18. The van der Waals surface area contributed by atoms with Crippen molar-refractivity contribution in [2.45, 2.75) is 19.5 Å². The van der Waals surface area contributed by atoms with Crippen LogP contribution in [0.1, 0.15) is 6.92 Å². The Morgan fingerprint density at radius 3 is 2.72 bits per heavy atom. The van der Waals surface area contributed by atoms with Gasteiger partial charge in [0.1, 0.15) is 5.75 Å². The van der Waals surface area contributed by atoms with E-state index >= 15 is 0 Å². The number of aromatic nitrogens is 2. The molecule has 1 aromatic carbocycles. The average molecular weight is 266 g/mol. The van der Waals surface area contributed by atoms with Gasteiger partial charge in [-0.1, -0.05) is 11.6 Å². The molecular formula is C13H16ClN3O. The monoisotopic (exact) mass is 265 g/mol. The maximum Gasteiger partial charge on any atom is 0.165 e. The molecule has 4 nitrogen and oxygen atoms in total. The lowest BCUT2D eigenvalue weighted by Crippen LogP contribution is -2.26. The van der Waals surface area contributed by atoms with E-state index in [2.05, 4.69) is 17.3 Å². The molecule has 0 amide bonds. The smallest absolute Gasteiger partial charge is 0.165 e. The van der Waals surface area contributed by atoms with Gasteiger partial charge in [-0.05, 0) is 38.2 Å². The first kappa shape index (κ1) is 12.9. The molecule has 0 aliphatic heterocycles. The molecule has 0 spiro atoms. The summed E-state index contributed by atoms with van der Waals surface area (Å²) in [6, 6.07) is 7.62. The molecule has 1 heterocycles. The number of nitrogens with one attached hydrogen (secondary N) is 1. The van der Waals surface area contributed by atoms with E-state index in [1.165, 1.54) is 0 Å². The maximum atomic E-state index is 5.81. The second kappa shape index (κ2) is 5.89. The Bertz CT molecular complexity index is 495. The second-order valence-electron chi connectivity index (χ2n) is 4.14. The molecule has 0 bridgehead atoms. The zero-order valence-corrected chi connectivity index (χ0v) is 11.2. The molecule has 2 rings (SSSR count). The number of ether oxygens (including phenoxy) is 1. The van der Waals surface area contributed by atoms with E-state index in [4.69, 9.17) is 16.3 Å². The lowest BCUT2D eigenvalue weighted by atomic mass is 10.3. The molecular weight excluding hydrogens is 250 g/mol. The summed E-state index contributed by atoms with van der Waals surface area (Å²) < 4.78 is 7.52. The molecule has 0 fully saturated rings.